The van der Waals surface area contributed by atoms with Crippen LogP contribution < -0.4 is 0 Å². The molecule has 0 saturated carbocycles. The Balaban J connectivity index is 1.10. The molecule has 3 heterocycles. The summed E-state index contributed by atoms with van der Waals surface area (Å²) >= 11 is 0. The van der Waals surface area contributed by atoms with Crippen molar-refractivity contribution in [2.45, 2.75) is 27.7 Å². The maximum Gasteiger partial charge on any atom is 0.164 e. The summed E-state index contributed by atoms with van der Waals surface area (Å²) in [5.41, 5.74) is 20.9. The zero-order chi connectivity index (χ0) is 50.0. The smallest absolute Gasteiger partial charge is 0.164 e. The monoisotopic (exact) mass is 948 g/mol. The van der Waals surface area contributed by atoms with Crippen molar-refractivity contribution in [3.05, 3.63) is 246 Å². The number of nitriles is 1. The first-order valence-electron chi connectivity index (χ1n) is 25.1. The maximum absolute atomic E-state index is 10.7. The third-order valence-electron chi connectivity index (χ3n) is 14.6. The second-order valence-electron chi connectivity index (χ2n) is 19.4. The molecule has 0 spiro atoms. The number of fused-ring (bicyclic) bond motifs is 6. The van der Waals surface area contributed by atoms with Gasteiger partial charge in [-0.25, -0.2) is 15.0 Å². The van der Waals surface area contributed by atoms with Crippen LogP contribution in [0.1, 0.15) is 27.8 Å². The van der Waals surface area contributed by atoms with Crippen LogP contribution >= 0.6 is 0 Å². The fourth-order valence-electron chi connectivity index (χ4n) is 11.1. The third kappa shape index (κ3) is 7.53. The van der Waals surface area contributed by atoms with Gasteiger partial charge >= 0.3 is 0 Å². The molecule has 0 bridgehead atoms. The van der Waals surface area contributed by atoms with Gasteiger partial charge in [-0.3, -0.25) is 0 Å². The lowest BCUT2D eigenvalue weighted by atomic mass is 9.96. The highest BCUT2D eigenvalue weighted by atomic mass is 15.0. The van der Waals surface area contributed by atoms with Gasteiger partial charge in [-0.05, 0) is 128 Å². The number of aryl methyl sites for hydroxylation is 4. The Morgan fingerprint density at radius 3 is 1.28 bits per heavy atom. The first-order chi connectivity index (χ1) is 36.3. The van der Waals surface area contributed by atoms with Gasteiger partial charge in [0.15, 0.2) is 17.5 Å². The van der Waals surface area contributed by atoms with Crippen LogP contribution in [-0.2, 0) is 0 Å². The summed E-state index contributed by atoms with van der Waals surface area (Å²) in [6.07, 6.45) is 0. The average Bonchev–Trinajstić information content (AvgIpc) is 3.95. The number of para-hydroxylation sites is 2. The number of rotatable bonds is 8. The van der Waals surface area contributed by atoms with Crippen molar-refractivity contribution in [3.63, 3.8) is 0 Å². The maximum atomic E-state index is 10.7. The van der Waals surface area contributed by atoms with E-state index in [4.69, 9.17) is 15.0 Å². The van der Waals surface area contributed by atoms with Gasteiger partial charge in [0.05, 0.1) is 45.1 Å². The minimum atomic E-state index is 0.553. The highest BCUT2D eigenvalue weighted by Crippen LogP contribution is 2.44. The molecule has 0 aliphatic heterocycles. The first kappa shape index (κ1) is 44.3. The molecular formula is C68H48N6. The fourth-order valence-corrected chi connectivity index (χ4v) is 11.1. The molecule has 3 aromatic heterocycles. The zero-order valence-electron chi connectivity index (χ0n) is 41.5. The molecule has 0 aliphatic rings. The molecule has 74 heavy (non-hydrogen) atoms. The predicted molar refractivity (Wildman–Crippen MR) is 305 cm³/mol. The normalized spacial score (nSPS) is 11.5. The van der Waals surface area contributed by atoms with Crippen LogP contribution in [0.15, 0.2) is 218 Å². The lowest BCUT2D eigenvalue weighted by molar-refractivity contribution is 1.07. The van der Waals surface area contributed by atoms with Crippen LogP contribution in [0.4, 0.5) is 0 Å². The number of hydrogen-bond acceptors (Lipinski definition) is 4. The van der Waals surface area contributed by atoms with E-state index in [1.807, 2.05) is 72.8 Å². The first-order valence-corrected chi connectivity index (χ1v) is 25.1. The van der Waals surface area contributed by atoms with Gasteiger partial charge in [0.1, 0.15) is 0 Å². The summed E-state index contributed by atoms with van der Waals surface area (Å²) in [6.45, 7) is 8.66. The highest BCUT2D eigenvalue weighted by Gasteiger charge is 2.24. The predicted octanol–water partition coefficient (Wildman–Crippen LogP) is 17.2. The molecule has 0 atom stereocenters. The Bertz CT molecular complexity index is 4360. The second-order valence-corrected chi connectivity index (χ2v) is 19.4. The van der Waals surface area contributed by atoms with Gasteiger partial charge < -0.3 is 9.13 Å². The molecule has 0 radical (unpaired) electrons. The van der Waals surface area contributed by atoms with E-state index in [9.17, 15) is 5.26 Å². The summed E-state index contributed by atoms with van der Waals surface area (Å²) in [7, 11) is 0. The van der Waals surface area contributed by atoms with Crippen LogP contribution in [0, 0.1) is 39.0 Å². The molecule has 0 N–H and O–H groups in total. The molecule has 13 aromatic rings. The Morgan fingerprint density at radius 2 is 0.770 bits per heavy atom. The lowest BCUT2D eigenvalue weighted by Crippen LogP contribution is -2.04. The third-order valence-corrected chi connectivity index (χ3v) is 14.6. The Morgan fingerprint density at radius 1 is 0.324 bits per heavy atom. The fraction of sp³-hybridized carbons (Fsp3) is 0.0588. The van der Waals surface area contributed by atoms with Crippen LogP contribution in [0.3, 0.4) is 0 Å². The van der Waals surface area contributed by atoms with E-state index in [1.54, 1.807) is 0 Å². The van der Waals surface area contributed by atoms with Crippen LogP contribution in [0.25, 0.3) is 123 Å². The molecule has 350 valence electrons. The van der Waals surface area contributed by atoms with E-state index in [0.717, 1.165) is 88.4 Å². The minimum Gasteiger partial charge on any atom is -0.309 e. The second kappa shape index (κ2) is 17.9. The molecule has 0 unspecified atom stereocenters. The Hall–Kier alpha value is -9.70. The van der Waals surface area contributed by atoms with E-state index < -0.39 is 0 Å². The van der Waals surface area contributed by atoms with E-state index in [-0.39, 0.29) is 0 Å². The quantitative estimate of drug-likeness (QED) is 0.152. The average molecular weight is 949 g/mol. The van der Waals surface area contributed by atoms with E-state index in [1.165, 1.54) is 38.9 Å². The van der Waals surface area contributed by atoms with E-state index >= 15 is 0 Å². The van der Waals surface area contributed by atoms with Crippen molar-refractivity contribution in [1.29, 1.82) is 5.26 Å². The molecule has 0 fully saturated rings. The summed E-state index contributed by atoms with van der Waals surface area (Å²) in [5, 5.41) is 15.3. The highest BCUT2D eigenvalue weighted by molar-refractivity contribution is 6.13. The van der Waals surface area contributed by atoms with Crippen molar-refractivity contribution in [1.82, 2.24) is 24.1 Å². The number of benzene rings is 10. The Labute approximate surface area is 429 Å². The van der Waals surface area contributed by atoms with Gasteiger partial charge in [-0.15, -0.1) is 0 Å². The number of nitrogens with zero attached hydrogens (tertiary/aromatic N) is 6. The molecule has 0 amide bonds. The van der Waals surface area contributed by atoms with Gasteiger partial charge in [-0.1, -0.05) is 163 Å². The number of hydrogen-bond donors (Lipinski definition) is 0. The van der Waals surface area contributed by atoms with Gasteiger partial charge in [0.25, 0.3) is 0 Å². The molecule has 10 aromatic carbocycles. The van der Waals surface area contributed by atoms with Crippen molar-refractivity contribution in [2.75, 3.05) is 0 Å². The lowest BCUT2D eigenvalue weighted by Gasteiger charge is -2.20. The van der Waals surface area contributed by atoms with E-state index in [0.29, 0.717) is 23.0 Å². The molecule has 0 saturated heterocycles. The number of aromatic nitrogens is 5. The van der Waals surface area contributed by atoms with Gasteiger partial charge in [0.2, 0.25) is 0 Å². The molecule has 0 aliphatic carbocycles. The molecule has 6 heteroatoms. The Kier molecular flexibility index (Phi) is 10.7. The largest absolute Gasteiger partial charge is 0.309 e. The molecule has 13 rings (SSSR count). The zero-order valence-corrected chi connectivity index (χ0v) is 41.5. The van der Waals surface area contributed by atoms with Crippen molar-refractivity contribution in [2.24, 2.45) is 0 Å². The summed E-state index contributed by atoms with van der Waals surface area (Å²) in [4.78, 5) is 15.5. The topological polar surface area (TPSA) is 72.3 Å². The summed E-state index contributed by atoms with van der Waals surface area (Å²) in [5.74, 6) is 1.73. The van der Waals surface area contributed by atoms with Crippen LogP contribution in [0.2, 0.25) is 0 Å². The molecule has 6 nitrogen and oxygen atoms in total. The van der Waals surface area contributed by atoms with Gasteiger partial charge in [0, 0.05) is 49.4 Å². The minimum absolute atomic E-state index is 0.553. The summed E-state index contributed by atoms with van der Waals surface area (Å²) < 4.78 is 4.74. The van der Waals surface area contributed by atoms with E-state index in [2.05, 4.69) is 188 Å². The SMILES string of the molecule is Cc1ccc(-c2ccc3c(c2)c2ccccc2n3-c2ccc(-c3nc(-c4ccccc4)nc(-c4ccccc4)n3)cc2-c2ccc(C#N)cc2-n2c3ccccc3c3cc(-c4ccc(C)cc4C)ccc32)c(C)c1. The van der Waals surface area contributed by atoms with Crippen molar-refractivity contribution < 1.29 is 0 Å². The van der Waals surface area contributed by atoms with Crippen molar-refractivity contribution >= 4 is 43.6 Å². The molecular weight excluding hydrogens is 901 g/mol. The van der Waals surface area contributed by atoms with Crippen LogP contribution in [0.5, 0.6) is 0 Å². The van der Waals surface area contributed by atoms with Gasteiger partial charge in [-0.2, -0.15) is 5.26 Å². The summed E-state index contributed by atoms with van der Waals surface area (Å²) in [6, 6.07) is 79.7. The standard InChI is InChI=1S/C68H48N6/c1-42-23-29-52(44(3)35-42)49-26-32-62-57(38-49)54-19-11-13-21-60(54)73(62)63-34-28-51(68-71-66(47-15-7-5-8-16-47)70-67(72-68)48-17-9-6-10-18-48)40-59(63)56-31-25-46(41-69)37-65(56)74-61-22-14-12-20-55(61)58-39-50(27-33-64(58)74)53-30-24-43(2)36-45(53)4/h5-40H,1-4H3. The van der Waals surface area contributed by atoms with Crippen LogP contribution in [-0.4, -0.2) is 24.1 Å². The van der Waals surface area contributed by atoms with Crippen molar-refractivity contribution in [3.8, 4) is 85.0 Å².